The minimum atomic E-state index is 0.230. The lowest BCUT2D eigenvalue weighted by Gasteiger charge is -2.46. The predicted octanol–water partition coefficient (Wildman–Crippen LogP) is 2.70. The number of rotatable bonds is 6. The third-order valence-electron chi connectivity index (χ3n) is 5.13. The van der Waals surface area contributed by atoms with E-state index in [-0.39, 0.29) is 5.54 Å². The molecule has 19 heavy (non-hydrogen) atoms. The highest BCUT2D eigenvalue weighted by Crippen LogP contribution is 2.31. The molecule has 1 rings (SSSR count). The fourth-order valence-corrected chi connectivity index (χ4v) is 3.66. The van der Waals surface area contributed by atoms with Crippen LogP contribution in [-0.4, -0.2) is 53.6 Å². The maximum atomic E-state index is 6.24. The van der Waals surface area contributed by atoms with E-state index < -0.39 is 0 Å². The third kappa shape index (κ3) is 3.93. The molecule has 1 aliphatic rings. The summed E-state index contributed by atoms with van der Waals surface area (Å²) in [7, 11) is 0. The Labute approximate surface area is 120 Å². The van der Waals surface area contributed by atoms with Gasteiger partial charge in [-0.2, -0.15) is 0 Å². The largest absolute Gasteiger partial charge is 0.329 e. The SMILES string of the molecule is CCC(C)N(CC)C1(CN)CCCN(C(C)C)CC1. The van der Waals surface area contributed by atoms with Gasteiger partial charge in [0.1, 0.15) is 0 Å². The minimum absolute atomic E-state index is 0.230. The van der Waals surface area contributed by atoms with Crippen LogP contribution >= 0.6 is 0 Å². The molecule has 2 atom stereocenters. The smallest absolute Gasteiger partial charge is 0.0347 e. The molecule has 0 radical (unpaired) electrons. The zero-order chi connectivity index (χ0) is 14.5. The van der Waals surface area contributed by atoms with Crippen molar-refractivity contribution < 1.29 is 0 Å². The molecular weight excluding hydrogens is 234 g/mol. The summed E-state index contributed by atoms with van der Waals surface area (Å²) >= 11 is 0. The van der Waals surface area contributed by atoms with Crippen molar-refractivity contribution in [3.8, 4) is 0 Å². The van der Waals surface area contributed by atoms with Gasteiger partial charge in [-0.1, -0.05) is 13.8 Å². The number of likely N-dealkylation sites (tertiary alicyclic amines) is 1. The van der Waals surface area contributed by atoms with Crippen molar-refractivity contribution in [2.75, 3.05) is 26.2 Å². The summed E-state index contributed by atoms with van der Waals surface area (Å²) in [6.07, 6.45) is 4.97. The van der Waals surface area contributed by atoms with Crippen molar-refractivity contribution in [1.29, 1.82) is 0 Å². The first-order valence-corrected chi connectivity index (χ1v) is 8.21. The monoisotopic (exact) mass is 269 g/mol. The van der Waals surface area contributed by atoms with Crippen LogP contribution in [0.25, 0.3) is 0 Å². The standard InChI is InChI=1S/C16H35N3/c1-6-15(5)19(7-2)16(13-17)9-8-11-18(12-10-16)14(3)4/h14-15H,6-13,17H2,1-5H3. The van der Waals surface area contributed by atoms with Crippen LogP contribution in [0.1, 0.15) is 60.3 Å². The van der Waals surface area contributed by atoms with Gasteiger partial charge in [-0.25, -0.2) is 0 Å². The Bertz CT molecular complexity index is 254. The molecular formula is C16H35N3. The number of nitrogens with two attached hydrogens (primary N) is 1. The van der Waals surface area contributed by atoms with E-state index in [1.807, 2.05) is 0 Å². The van der Waals surface area contributed by atoms with E-state index in [4.69, 9.17) is 5.73 Å². The van der Waals surface area contributed by atoms with Gasteiger partial charge >= 0.3 is 0 Å². The Hall–Kier alpha value is -0.120. The summed E-state index contributed by atoms with van der Waals surface area (Å²) in [5, 5.41) is 0. The van der Waals surface area contributed by atoms with Gasteiger partial charge < -0.3 is 10.6 Å². The van der Waals surface area contributed by atoms with E-state index in [0.717, 1.165) is 13.1 Å². The molecule has 0 aromatic carbocycles. The molecule has 0 aliphatic carbocycles. The molecule has 1 aliphatic heterocycles. The molecule has 0 saturated carbocycles. The quantitative estimate of drug-likeness (QED) is 0.805. The zero-order valence-corrected chi connectivity index (χ0v) is 13.8. The highest BCUT2D eigenvalue weighted by atomic mass is 15.2. The normalized spacial score (nSPS) is 27.8. The third-order valence-corrected chi connectivity index (χ3v) is 5.13. The van der Waals surface area contributed by atoms with Gasteiger partial charge in [-0.05, 0) is 59.5 Å². The highest BCUT2D eigenvalue weighted by molar-refractivity contribution is 4.96. The van der Waals surface area contributed by atoms with Crippen molar-refractivity contribution >= 4 is 0 Å². The van der Waals surface area contributed by atoms with Gasteiger partial charge in [0.15, 0.2) is 0 Å². The fourth-order valence-electron chi connectivity index (χ4n) is 3.66. The fraction of sp³-hybridized carbons (Fsp3) is 1.00. The van der Waals surface area contributed by atoms with E-state index in [0.29, 0.717) is 12.1 Å². The lowest BCUT2D eigenvalue weighted by atomic mass is 9.86. The molecule has 0 amide bonds. The summed E-state index contributed by atoms with van der Waals surface area (Å²) in [5.41, 5.74) is 6.47. The molecule has 0 aromatic rings. The maximum Gasteiger partial charge on any atom is 0.0347 e. The summed E-state index contributed by atoms with van der Waals surface area (Å²) < 4.78 is 0. The molecule has 2 unspecified atom stereocenters. The summed E-state index contributed by atoms with van der Waals surface area (Å²) in [4.78, 5) is 5.29. The van der Waals surface area contributed by atoms with Crippen LogP contribution in [0.4, 0.5) is 0 Å². The van der Waals surface area contributed by atoms with Gasteiger partial charge in [-0.3, -0.25) is 4.90 Å². The second-order valence-electron chi connectivity index (χ2n) is 6.46. The topological polar surface area (TPSA) is 32.5 Å². The molecule has 0 bridgehead atoms. The van der Waals surface area contributed by atoms with Crippen molar-refractivity contribution in [3.05, 3.63) is 0 Å². The first kappa shape index (κ1) is 16.9. The lowest BCUT2D eigenvalue weighted by molar-refractivity contribution is 0.0443. The number of hydrogen-bond acceptors (Lipinski definition) is 3. The molecule has 1 fully saturated rings. The van der Waals surface area contributed by atoms with E-state index in [1.54, 1.807) is 0 Å². The van der Waals surface area contributed by atoms with Crippen LogP contribution in [0.5, 0.6) is 0 Å². The number of nitrogens with zero attached hydrogens (tertiary/aromatic N) is 2. The van der Waals surface area contributed by atoms with Gasteiger partial charge in [0, 0.05) is 30.7 Å². The van der Waals surface area contributed by atoms with E-state index in [1.165, 1.54) is 38.8 Å². The van der Waals surface area contributed by atoms with Crippen LogP contribution in [-0.2, 0) is 0 Å². The molecule has 0 spiro atoms. The van der Waals surface area contributed by atoms with Crippen LogP contribution in [0.2, 0.25) is 0 Å². The molecule has 1 heterocycles. The van der Waals surface area contributed by atoms with E-state index in [2.05, 4.69) is 44.4 Å². The molecule has 0 aromatic heterocycles. The maximum absolute atomic E-state index is 6.24. The van der Waals surface area contributed by atoms with Crippen LogP contribution in [0.15, 0.2) is 0 Å². The van der Waals surface area contributed by atoms with Crippen molar-refractivity contribution in [3.63, 3.8) is 0 Å². The van der Waals surface area contributed by atoms with Gasteiger partial charge in [-0.15, -0.1) is 0 Å². The molecule has 1 saturated heterocycles. The van der Waals surface area contributed by atoms with E-state index >= 15 is 0 Å². The molecule has 3 heteroatoms. The number of likely N-dealkylation sites (N-methyl/N-ethyl adjacent to an activating group) is 1. The molecule has 2 N–H and O–H groups in total. The lowest BCUT2D eigenvalue weighted by Crippen LogP contribution is -2.57. The van der Waals surface area contributed by atoms with Crippen molar-refractivity contribution in [2.45, 2.75) is 77.9 Å². The van der Waals surface area contributed by atoms with Gasteiger partial charge in [0.2, 0.25) is 0 Å². The molecule has 114 valence electrons. The van der Waals surface area contributed by atoms with Gasteiger partial charge in [0.05, 0.1) is 0 Å². The average molecular weight is 269 g/mol. The predicted molar refractivity (Wildman–Crippen MR) is 84.5 cm³/mol. The second kappa shape index (κ2) is 7.61. The number of hydrogen-bond donors (Lipinski definition) is 1. The second-order valence-corrected chi connectivity index (χ2v) is 6.46. The Morgan fingerprint density at radius 2 is 1.84 bits per heavy atom. The van der Waals surface area contributed by atoms with Crippen LogP contribution < -0.4 is 5.73 Å². The summed E-state index contributed by atoms with van der Waals surface area (Å²) in [6, 6.07) is 1.30. The Balaban J connectivity index is 2.84. The zero-order valence-electron chi connectivity index (χ0n) is 13.8. The van der Waals surface area contributed by atoms with E-state index in [9.17, 15) is 0 Å². The Kier molecular flexibility index (Phi) is 6.78. The van der Waals surface area contributed by atoms with Crippen molar-refractivity contribution in [1.82, 2.24) is 9.80 Å². The summed E-state index contributed by atoms with van der Waals surface area (Å²) in [6.45, 7) is 15.9. The highest BCUT2D eigenvalue weighted by Gasteiger charge is 2.38. The first-order valence-electron chi connectivity index (χ1n) is 8.21. The molecule has 3 nitrogen and oxygen atoms in total. The minimum Gasteiger partial charge on any atom is -0.329 e. The first-order chi connectivity index (χ1) is 9.00. The van der Waals surface area contributed by atoms with Crippen molar-refractivity contribution in [2.24, 2.45) is 5.73 Å². The summed E-state index contributed by atoms with van der Waals surface area (Å²) in [5.74, 6) is 0. The Morgan fingerprint density at radius 1 is 1.16 bits per heavy atom. The average Bonchev–Trinajstić information content (AvgIpc) is 2.63. The van der Waals surface area contributed by atoms with Gasteiger partial charge in [0.25, 0.3) is 0 Å². The van der Waals surface area contributed by atoms with Crippen LogP contribution in [0.3, 0.4) is 0 Å². The Morgan fingerprint density at radius 3 is 2.32 bits per heavy atom. The van der Waals surface area contributed by atoms with Crippen LogP contribution in [0, 0.1) is 0 Å².